The molecule has 10 aromatic rings. The Bertz CT molecular complexity index is 3130. The topological polar surface area (TPSA) is 8.17 Å². The lowest BCUT2D eigenvalue weighted by Crippen LogP contribution is -2.15. The van der Waals surface area contributed by atoms with Crippen molar-refractivity contribution in [1.82, 2.24) is 4.57 Å². The van der Waals surface area contributed by atoms with E-state index in [0.717, 1.165) is 11.4 Å². The van der Waals surface area contributed by atoms with Gasteiger partial charge in [0.15, 0.2) is 0 Å². The Morgan fingerprint density at radius 2 is 0.912 bits per heavy atom. The zero-order valence-corrected chi connectivity index (χ0v) is 32.0. The molecule has 0 fully saturated rings. The van der Waals surface area contributed by atoms with Crippen molar-refractivity contribution in [3.05, 3.63) is 217 Å². The fraction of sp³-hybridized carbons (Fsp3) is 0.0545. The van der Waals surface area contributed by atoms with Crippen LogP contribution in [0.25, 0.3) is 71.6 Å². The molecule has 11 rings (SSSR count). The summed E-state index contributed by atoms with van der Waals surface area (Å²) in [6.45, 7) is 4.76. The summed E-state index contributed by atoms with van der Waals surface area (Å²) in [6, 6.07) is 75.5. The zero-order chi connectivity index (χ0) is 38.1. The fourth-order valence-electron chi connectivity index (χ4n) is 9.31. The number of fused-ring (bicyclic) bond motifs is 7. The zero-order valence-electron chi connectivity index (χ0n) is 32.0. The molecule has 0 N–H and O–H groups in total. The van der Waals surface area contributed by atoms with Gasteiger partial charge in [0, 0.05) is 38.6 Å². The molecule has 0 saturated carbocycles. The lowest BCUT2D eigenvalue weighted by atomic mass is 9.81. The van der Waals surface area contributed by atoms with Crippen molar-refractivity contribution in [3.8, 4) is 39.1 Å². The van der Waals surface area contributed by atoms with E-state index in [0.29, 0.717) is 0 Å². The summed E-state index contributed by atoms with van der Waals surface area (Å²) in [6.07, 6.45) is 0. The molecule has 2 nitrogen and oxygen atoms in total. The SMILES string of the molecule is CC1(C)c2cc(-c3ccc(N(c4ccccc4)c4cccc5ccccc45)cc3)ccc2-c2ccc(-c3ccc4c(c3)c3ccccc3n4-c3ccccc3)cc21. The molecular weight excluding hydrogens is 689 g/mol. The van der Waals surface area contributed by atoms with E-state index in [1.54, 1.807) is 0 Å². The van der Waals surface area contributed by atoms with Gasteiger partial charge >= 0.3 is 0 Å². The number of hydrogen-bond donors (Lipinski definition) is 0. The van der Waals surface area contributed by atoms with Gasteiger partial charge in [-0.2, -0.15) is 0 Å². The average molecular weight is 729 g/mol. The molecule has 0 radical (unpaired) electrons. The van der Waals surface area contributed by atoms with Gasteiger partial charge in [0.1, 0.15) is 0 Å². The van der Waals surface area contributed by atoms with Crippen LogP contribution in [-0.4, -0.2) is 4.57 Å². The van der Waals surface area contributed by atoms with E-state index in [2.05, 4.69) is 230 Å². The standard InChI is InChI=1S/C55H40N2/c1-55(2)50-35-40(37-24-29-44(30-25-37)56(42-16-5-3-6-17-42)52-23-13-15-38-14-9-10-20-45(38)52)26-31-46(50)47-32-27-41(36-51(47)55)39-28-33-54-49(34-39)48-21-11-12-22-53(48)57(54)43-18-7-4-8-19-43/h3-36H,1-2H3. The van der Waals surface area contributed by atoms with Crippen LogP contribution in [-0.2, 0) is 5.41 Å². The van der Waals surface area contributed by atoms with Crippen molar-refractivity contribution >= 4 is 49.6 Å². The first-order valence-electron chi connectivity index (χ1n) is 19.8. The second-order valence-electron chi connectivity index (χ2n) is 15.8. The quantitative estimate of drug-likeness (QED) is 0.165. The van der Waals surface area contributed by atoms with E-state index in [-0.39, 0.29) is 5.41 Å². The van der Waals surface area contributed by atoms with E-state index in [4.69, 9.17) is 0 Å². The number of benzene rings is 9. The number of para-hydroxylation sites is 3. The predicted octanol–water partition coefficient (Wildman–Crippen LogP) is 15.0. The lowest BCUT2D eigenvalue weighted by Gasteiger charge is -2.27. The minimum atomic E-state index is -0.150. The van der Waals surface area contributed by atoms with E-state index in [9.17, 15) is 0 Å². The molecular formula is C55H40N2. The van der Waals surface area contributed by atoms with Gasteiger partial charge in [-0.05, 0) is 123 Å². The summed E-state index contributed by atoms with van der Waals surface area (Å²) in [7, 11) is 0. The van der Waals surface area contributed by atoms with Crippen LogP contribution in [0.3, 0.4) is 0 Å². The fourth-order valence-corrected chi connectivity index (χ4v) is 9.31. The monoisotopic (exact) mass is 728 g/mol. The van der Waals surface area contributed by atoms with Crippen LogP contribution in [0.2, 0.25) is 0 Å². The Morgan fingerprint density at radius 1 is 0.386 bits per heavy atom. The summed E-state index contributed by atoms with van der Waals surface area (Å²) < 4.78 is 2.38. The van der Waals surface area contributed by atoms with Gasteiger partial charge in [0.2, 0.25) is 0 Å². The summed E-state index contributed by atoms with van der Waals surface area (Å²) in [5, 5.41) is 5.01. The van der Waals surface area contributed by atoms with Crippen molar-refractivity contribution in [2.24, 2.45) is 0 Å². The third kappa shape index (κ3) is 5.33. The van der Waals surface area contributed by atoms with Gasteiger partial charge in [0.05, 0.1) is 16.7 Å². The predicted molar refractivity (Wildman–Crippen MR) is 241 cm³/mol. The molecule has 0 bridgehead atoms. The second-order valence-corrected chi connectivity index (χ2v) is 15.8. The van der Waals surface area contributed by atoms with Crippen LogP contribution in [0, 0.1) is 0 Å². The van der Waals surface area contributed by atoms with Crippen LogP contribution in [0.4, 0.5) is 17.1 Å². The Balaban J connectivity index is 0.942. The largest absolute Gasteiger partial charge is 0.310 e. The maximum atomic E-state index is 2.44. The van der Waals surface area contributed by atoms with Crippen molar-refractivity contribution in [2.45, 2.75) is 19.3 Å². The molecule has 1 heterocycles. The van der Waals surface area contributed by atoms with Gasteiger partial charge in [0.25, 0.3) is 0 Å². The van der Waals surface area contributed by atoms with Crippen molar-refractivity contribution in [2.75, 3.05) is 4.90 Å². The maximum absolute atomic E-state index is 2.44. The van der Waals surface area contributed by atoms with Crippen LogP contribution in [0.1, 0.15) is 25.0 Å². The third-order valence-electron chi connectivity index (χ3n) is 12.2. The van der Waals surface area contributed by atoms with Crippen LogP contribution >= 0.6 is 0 Å². The number of nitrogens with zero attached hydrogens (tertiary/aromatic N) is 2. The minimum absolute atomic E-state index is 0.150. The molecule has 2 heteroatoms. The van der Waals surface area contributed by atoms with Crippen molar-refractivity contribution in [1.29, 1.82) is 0 Å². The van der Waals surface area contributed by atoms with Crippen LogP contribution < -0.4 is 4.90 Å². The van der Waals surface area contributed by atoms with Gasteiger partial charge in [-0.25, -0.2) is 0 Å². The molecule has 270 valence electrons. The molecule has 0 saturated heterocycles. The lowest BCUT2D eigenvalue weighted by molar-refractivity contribution is 0.661. The first-order valence-corrected chi connectivity index (χ1v) is 19.8. The molecule has 0 unspecified atom stereocenters. The second kappa shape index (κ2) is 13.0. The Labute approximate surface area is 333 Å². The Morgan fingerprint density at radius 3 is 1.65 bits per heavy atom. The van der Waals surface area contributed by atoms with Crippen LogP contribution in [0.5, 0.6) is 0 Å². The number of rotatable bonds is 6. The molecule has 0 aliphatic heterocycles. The van der Waals surface area contributed by atoms with Gasteiger partial charge in [-0.15, -0.1) is 0 Å². The summed E-state index contributed by atoms with van der Waals surface area (Å²) in [4.78, 5) is 2.37. The highest BCUT2D eigenvalue weighted by molar-refractivity contribution is 6.10. The molecule has 9 aromatic carbocycles. The summed E-state index contributed by atoms with van der Waals surface area (Å²) in [5.74, 6) is 0. The first-order chi connectivity index (χ1) is 28.0. The van der Waals surface area contributed by atoms with E-state index in [1.165, 1.54) is 88.5 Å². The number of hydrogen-bond acceptors (Lipinski definition) is 1. The summed E-state index contributed by atoms with van der Waals surface area (Å²) in [5.41, 5.74) is 17.3. The van der Waals surface area contributed by atoms with Gasteiger partial charge in [-0.3, -0.25) is 0 Å². The van der Waals surface area contributed by atoms with E-state index in [1.807, 2.05) is 0 Å². The highest BCUT2D eigenvalue weighted by atomic mass is 15.1. The van der Waals surface area contributed by atoms with Crippen molar-refractivity contribution in [3.63, 3.8) is 0 Å². The molecule has 1 aliphatic rings. The van der Waals surface area contributed by atoms with E-state index < -0.39 is 0 Å². The molecule has 0 amide bonds. The highest BCUT2D eigenvalue weighted by Gasteiger charge is 2.36. The number of anilines is 3. The van der Waals surface area contributed by atoms with Gasteiger partial charge in [-0.1, -0.05) is 147 Å². The molecule has 57 heavy (non-hydrogen) atoms. The smallest absolute Gasteiger partial charge is 0.0541 e. The van der Waals surface area contributed by atoms with Crippen molar-refractivity contribution < 1.29 is 0 Å². The van der Waals surface area contributed by atoms with Crippen LogP contribution in [0.15, 0.2) is 206 Å². The normalized spacial score (nSPS) is 12.9. The Kier molecular flexibility index (Phi) is 7.55. The van der Waals surface area contributed by atoms with E-state index >= 15 is 0 Å². The maximum Gasteiger partial charge on any atom is 0.0541 e. The highest BCUT2D eigenvalue weighted by Crippen LogP contribution is 2.51. The third-order valence-corrected chi connectivity index (χ3v) is 12.2. The Hall–Kier alpha value is -7.16. The van der Waals surface area contributed by atoms with Gasteiger partial charge < -0.3 is 9.47 Å². The molecule has 1 aromatic heterocycles. The average Bonchev–Trinajstić information content (AvgIpc) is 3.72. The molecule has 1 aliphatic carbocycles. The summed E-state index contributed by atoms with van der Waals surface area (Å²) >= 11 is 0. The number of aromatic nitrogens is 1. The molecule has 0 spiro atoms. The molecule has 0 atom stereocenters. The first kappa shape index (κ1) is 33.2. The minimum Gasteiger partial charge on any atom is -0.310 e.